The molecule has 0 saturated carbocycles. The molecule has 0 aliphatic carbocycles. The lowest BCUT2D eigenvalue weighted by molar-refractivity contribution is 0.592. The van der Waals surface area contributed by atoms with Crippen molar-refractivity contribution in [2.24, 2.45) is 0 Å². The average molecular weight is 622 g/mol. The lowest BCUT2D eigenvalue weighted by Crippen LogP contribution is -2.24. The largest absolute Gasteiger partial charge is 0.454 e. The van der Waals surface area contributed by atoms with Crippen molar-refractivity contribution in [3.63, 3.8) is 0 Å². The van der Waals surface area contributed by atoms with Crippen molar-refractivity contribution < 1.29 is 8.98 Å². The van der Waals surface area contributed by atoms with Crippen molar-refractivity contribution in [3.05, 3.63) is 170 Å². The highest BCUT2D eigenvalue weighted by Gasteiger charge is 2.29. The molecule has 0 aliphatic heterocycles. The van der Waals surface area contributed by atoms with Crippen molar-refractivity contribution in [2.45, 2.75) is 0 Å². The van der Waals surface area contributed by atoms with Crippen LogP contribution in [0.15, 0.2) is 174 Å². The number of nitrogens with zero attached hydrogens (tertiary/aromatic N) is 1. The second kappa shape index (κ2) is 10.9. The van der Waals surface area contributed by atoms with Gasteiger partial charge in [-0.25, -0.2) is 4.98 Å². The van der Waals surface area contributed by atoms with E-state index in [4.69, 9.17) is 9.40 Å². The zero-order valence-electron chi connectivity index (χ0n) is 25.4. The number of benzene rings is 7. The molecule has 0 aliphatic rings. The van der Waals surface area contributed by atoms with Gasteiger partial charge < -0.3 is 8.98 Å². The van der Waals surface area contributed by atoms with E-state index in [0.29, 0.717) is 0 Å². The molecule has 0 bridgehead atoms. The summed E-state index contributed by atoms with van der Waals surface area (Å²) in [6.07, 6.45) is 0. The topological polar surface area (TPSA) is 43.1 Å². The first-order valence-corrected chi connectivity index (χ1v) is 17.4. The van der Waals surface area contributed by atoms with Gasteiger partial charge in [-0.1, -0.05) is 158 Å². The third-order valence-electron chi connectivity index (χ3n) is 9.16. The minimum Gasteiger partial charge on any atom is -0.454 e. The number of rotatable bonds is 5. The fraction of sp³-hybridized carbons (Fsp3) is 0. The van der Waals surface area contributed by atoms with Gasteiger partial charge in [0.05, 0.1) is 5.52 Å². The van der Waals surface area contributed by atoms with Gasteiger partial charge >= 0.3 is 0 Å². The van der Waals surface area contributed by atoms with E-state index in [1.54, 1.807) is 0 Å². The lowest BCUT2D eigenvalue weighted by atomic mass is 9.97. The van der Waals surface area contributed by atoms with Gasteiger partial charge in [0.25, 0.3) is 0 Å². The smallest absolute Gasteiger partial charge is 0.171 e. The molecule has 9 rings (SSSR count). The highest BCUT2D eigenvalue weighted by molar-refractivity contribution is 7.85. The Hall–Kier alpha value is -5.76. The van der Waals surface area contributed by atoms with E-state index in [2.05, 4.69) is 84.9 Å². The van der Waals surface area contributed by atoms with Crippen LogP contribution in [0.5, 0.6) is 0 Å². The highest BCUT2D eigenvalue weighted by atomic mass is 31.2. The normalized spacial score (nSPS) is 11.9. The van der Waals surface area contributed by atoms with Gasteiger partial charge in [-0.15, -0.1) is 0 Å². The third-order valence-corrected chi connectivity index (χ3v) is 12.2. The number of hydrogen-bond donors (Lipinski definition) is 0. The standard InChI is InChI=1S/C43H28NO2P/c45-47(33-12-3-1-4-13-33,34-14-5-2-6-15-34)35-26-23-30(24-27-35)29-19-21-32(22-20-29)42-43-41(37-17-9-10-18-39(37)46-43)40-36-16-8-7-11-31(36)25-28-38(40)44-42/h1-28H. The molecule has 47 heavy (non-hydrogen) atoms. The predicted octanol–water partition coefficient (Wildman–Crippen LogP) is 10.3. The second-order valence-electron chi connectivity index (χ2n) is 11.8. The summed E-state index contributed by atoms with van der Waals surface area (Å²) in [5.41, 5.74) is 6.53. The van der Waals surface area contributed by atoms with Crippen molar-refractivity contribution in [2.75, 3.05) is 0 Å². The maximum Gasteiger partial charge on any atom is 0.171 e. The molecule has 7 aromatic carbocycles. The number of fused-ring (bicyclic) bond motifs is 7. The first kappa shape index (κ1) is 27.5. The molecule has 0 fully saturated rings. The Balaban J connectivity index is 1.14. The monoisotopic (exact) mass is 621 g/mol. The van der Waals surface area contributed by atoms with E-state index in [1.165, 1.54) is 10.8 Å². The van der Waals surface area contributed by atoms with Crippen LogP contribution in [0.1, 0.15) is 0 Å². The van der Waals surface area contributed by atoms with E-state index in [0.717, 1.165) is 71.1 Å². The zero-order valence-corrected chi connectivity index (χ0v) is 26.3. The summed E-state index contributed by atoms with van der Waals surface area (Å²) in [6.45, 7) is 0. The van der Waals surface area contributed by atoms with Gasteiger partial charge in [0.2, 0.25) is 0 Å². The molecular formula is C43H28NO2P. The molecule has 0 saturated heterocycles. The lowest BCUT2D eigenvalue weighted by Gasteiger charge is -2.20. The van der Waals surface area contributed by atoms with Crippen LogP contribution in [0.2, 0.25) is 0 Å². The molecule has 2 heterocycles. The highest BCUT2D eigenvalue weighted by Crippen LogP contribution is 2.44. The number of pyridine rings is 1. The molecule has 0 radical (unpaired) electrons. The molecule has 0 amide bonds. The second-order valence-corrected chi connectivity index (χ2v) is 14.6. The Kier molecular flexibility index (Phi) is 6.41. The van der Waals surface area contributed by atoms with E-state index < -0.39 is 7.14 Å². The molecule has 0 unspecified atom stereocenters. The molecule has 4 heteroatoms. The first-order valence-electron chi connectivity index (χ1n) is 15.7. The summed E-state index contributed by atoms with van der Waals surface area (Å²) < 4.78 is 21.3. The SMILES string of the molecule is O=P(c1ccccc1)(c1ccccc1)c1ccc(-c2ccc(-c3nc4ccc5ccccc5c4c4c3oc3ccccc34)cc2)cc1. The number of aromatic nitrogens is 1. The molecule has 2 aromatic heterocycles. The molecular weight excluding hydrogens is 593 g/mol. The maximum atomic E-state index is 14.8. The fourth-order valence-electron chi connectivity index (χ4n) is 6.85. The molecule has 9 aromatic rings. The van der Waals surface area contributed by atoms with Gasteiger partial charge in [0.1, 0.15) is 11.3 Å². The predicted molar refractivity (Wildman–Crippen MR) is 197 cm³/mol. The Labute approximate surface area is 272 Å². The fourth-order valence-corrected chi connectivity index (χ4v) is 9.50. The average Bonchev–Trinajstić information content (AvgIpc) is 3.55. The van der Waals surface area contributed by atoms with E-state index in [-0.39, 0.29) is 0 Å². The van der Waals surface area contributed by atoms with Gasteiger partial charge in [-0.05, 0) is 34.0 Å². The molecule has 0 atom stereocenters. The molecule has 3 nitrogen and oxygen atoms in total. The van der Waals surface area contributed by atoms with Crippen LogP contribution in [0.3, 0.4) is 0 Å². The van der Waals surface area contributed by atoms with Crippen LogP contribution < -0.4 is 15.9 Å². The molecule has 0 N–H and O–H groups in total. The summed E-state index contributed by atoms with van der Waals surface area (Å²) >= 11 is 0. The number of hydrogen-bond acceptors (Lipinski definition) is 3. The minimum absolute atomic E-state index is 0.796. The van der Waals surface area contributed by atoms with Crippen molar-refractivity contribution >= 4 is 66.7 Å². The van der Waals surface area contributed by atoms with Crippen LogP contribution in [0.25, 0.3) is 66.0 Å². The van der Waals surface area contributed by atoms with Crippen molar-refractivity contribution in [3.8, 4) is 22.4 Å². The minimum atomic E-state index is -3.03. The molecule has 222 valence electrons. The number of furan rings is 1. The van der Waals surface area contributed by atoms with Crippen LogP contribution in [0.4, 0.5) is 0 Å². The van der Waals surface area contributed by atoms with Crippen molar-refractivity contribution in [1.82, 2.24) is 4.98 Å². The Morgan fingerprint density at radius 1 is 0.447 bits per heavy atom. The van der Waals surface area contributed by atoms with Crippen LogP contribution >= 0.6 is 7.14 Å². The van der Waals surface area contributed by atoms with Crippen LogP contribution in [-0.4, -0.2) is 4.98 Å². The summed E-state index contributed by atoms with van der Waals surface area (Å²) in [5.74, 6) is 0. The van der Waals surface area contributed by atoms with Crippen LogP contribution in [0, 0.1) is 0 Å². The summed E-state index contributed by atoms with van der Waals surface area (Å²) in [7, 11) is -3.03. The van der Waals surface area contributed by atoms with Gasteiger partial charge in [-0.3, -0.25) is 0 Å². The van der Waals surface area contributed by atoms with Crippen molar-refractivity contribution in [1.29, 1.82) is 0 Å². The Morgan fingerprint density at radius 2 is 0.979 bits per heavy atom. The third kappa shape index (κ3) is 4.43. The summed E-state index contributed by atoms with van der Waals surface area (Å²) in [6, 6.07) is 57.1. The van der Waals surface area contributed by atoms with Gasteiger partial charge in [-0.2, -0.15) is 0 Å². The van der Waals surface area contributed by atoms with E-state index in [1.807, 2.05) is 84.9 Å². The van der Waals surface area contributed by atoms with Gasteiger partial charge in [0.15, 0.2) is 12.7 Å². The van der Waals surface area contributed by atoms with Crippen LogP contribution in [-0.2, 0) is 4.57 Å². The van der Waals surface area contributed by atoms with E-state index in [9.17, 15) is 4.57 Å². The Morgan fingerprint density at radius 3 is 1.66 bits per heavy atom. The van der Waals surface area contributed by atoms with Gasteiger partial charge in [0, 0.05) is 37.6 Å². The number of para-hydroxylation sites is 1. The quantitative estimate of drug-likeness (QED) is 0.142. The molecule has 0 spiro atoms. The Bertz CT molecular complexity index is 2580. The first-order chi connectivity index (χ1) is 23.2. The van der Waals surface area contributed by atoms with E-state index >= 15 is 0 Å². The zero-order chi connectivity index (χ0) is 31.4. The summed E-state index contributed by atoms with van der Waals surface area (Å²) in [5, 5.41) is 8.13. The summed E-state index contributed by atoms with van der Waals surface area (Å²) in [4.78, 5) is 5.19. The maximum absolute atomic E-state index is 14.8.